The number of nitro groups is 1. The molecule has 1 heterocycles. The molecular weight excluding hydrogens is 338 g/mol. The van der Waals surface area contributed by atoms with Crippen LogP contribution < -0.4 is 0 Å². The Balaban J connectivity index is 2.25. The Bertz CT molecular complexity index is 679. The number of halogens is 1. The quantitative estimate of drug-likeness (QED) is 0.468. The Kier molecular flexibility index (Phi) is 4.52. The zero-order chi connectivity index (χ0) is 15.6. The summed E-state index contributed by atoms with van der Waals surface area (Å²) in [6.07, 6.45) is 2.35. The van der Waals surface area contributed by atoms with E-state index in [0.29, 0.717) is 5.56 Å². The summed E-state index contributed by atoms with van der Waals surface area (Å²) in [4.78, 5) is 22.6. The standard InChI is InChI=1S/C14H14BrN3O3/c1-3-10-4-6-11(7-5-10)13(19)9(2)17-8-12(15)14(16-17)18(20)21/h4-9H,3H2,1-2H3. The highest BCUT2D eigenvalue weighted by Gasteiger charge is 2.25. The summed E-state index contributed by atoms with van der Waals surface area (Å²) in [7, 11) is 0. The third kappa shape index (κ3) is 3.18. The van der Waals surface area contributed by atoms with Gasteiger partial charge in [0.2, 0.25) is 0 Å². The Morgan fingerprint density at radius 1 is 1.43 bits per heavy atom. The van der Waals surface area contributed by atoms with Gasteiger partial charge in [0.25, 0.3) is 0 Å². The van der Waals surface area contributed by atoms with E-state index in [2.05, 4.69) is 21.0 Å². The molecule has 0 aliphatic heterocycles. The number of hydrogen-bond acceptors (Lipinski definition) is 4. The minimum absolute atomic E-state index is 0.137. The van der Waals surface area contributed by atoms with Crippen molar-refractivity contribution < 1.29 is 9.72 Å². The first-order chi connectivity index (χ1) is 9.93. The van der Waals surface area contributed by atoms with Gasteiger partial charge in [0, 0.05) is 5.56 Å². The van der Waals surface area contributed by atoms with Gasteiger partial charge in [0.1, 0.15) is 10.5 Å². The van der Waals surface area contributed by atoms with Gasteiger partial charge >= 0.3 is 5.82 Å². The van der Waals surface area contributed by atoms with Crippen LogP contribution in [-0.2, 0) is 6.42 Å². The van der Waals surface area contributed by atoms with E-state index in [1.165, 1.54) is 10.9 Å². The van der Waals surface area contributed by atoms with Crippen LogP contribution in [0.25, 0.3) is 0 Å². The van der Waals surface area contributed by atoms with Crippen LogP contribution in [0, 0.1) is 10.1 Å². The van der Waals surface area contributed by atoms with Gasteiger partial charge in [-0.05, 0) is 39.8 Å². The largest absolute Gasteiger partial charge is 0.404 e. The van der Waals surface area contributed by atoms with Gasteiger partial charge in [0.05, 0.1) is 11.3 Å². The Morgan fingerprint density at radius 3 is 2.52 bits per heavy atom. The van der Waals surface area contributed by atoms with E-state index < -0.39 is 11.0 Å². The smallest absolute Gasteiger partial charge is 0.358 e. The van der Waals surface area contributed by atoms with E-state index in [1.807, 2.05) is 19.1 Å². The zero-order valence-electron chi connectivity index (χ0n) is 11.6. The molecule has 1 aromatic carbocycles. The minimum Gasteiger partial charge on any atom is -0.358 e. The van der Waals surface area contributed by atoms with Gasteiger partial charge in [0.15, 0.2) is 5.78 Å². The number of Topliss-reactive ketones (excluding diaryl/α,β-unsaturated/α-hetero) is 1. The maximum absolute atomic E-state index is 12.4. The van der Waals surface area contributed by atoms with Crippen molar-refractivity contribution in [2.45, 2.75) is 26.3 Å². The summed E-state index contributed by atoms with van der Waals surface area (Å²) in [5, 5.41) is 14.6. The van der Waals surface area contributed by atoms with Crippen LogP contribution in [0.1, 0.15) is 35.8 Å². The summed E-state index contributed by atoms with van der Waals surface area (Å²) in [5.74, 6) is -0.432. The third-order valence-corrected chi connectivity index (χ3v) is 3.82. The van der Waals surface area contributed by atoms with E-state index in [4.69, 9.17) is 0 Å². The lowest BCUT2D eigenvalue weighted by molar-refractivity contribution is -0.390. The molecule has 6 nitrogen and oxygen atoms in total. The van der Waals surface area contributed by atoms with Gasteiger partial charge in [-0.3, -0.25) is 4.79 Å². The van der Waals surface area contributed by atoms with E-state index in [0.717, 1.165) is 12.0 Å². The molecule has 2 rings (SSSR count). The number of ketones is 1. The van der Waals surface area contributed by atoms with Crippen molar-refractivity contribution in [1.29, 1.82) is 0 Å². The number of carbonyl (C=O) groups is 1. The van der Waals surface area contributed by atoms with Crippen LogP contribution in [0.2, 0.25) is 0 Å². The summed E-state index contributed by atoms with van der Waals surface area (Å²) in [6, 6.07) is 6.74. The van der Waals surface area contributed by atoms with Crippen molar-refractivity contribution in [2.75, 3.05) is 0 Å². The molecule has 1 aromatic heterocycles. The topological polar surface area (TPSA) is 78.0 Å². The van der Waals surface area contributed by atoms with Crippen LogP contribution in [0.5, 0.6) is 0 Å². The van der Waals surface area contributed by atoms with Gasteiger partial charge in [-0.15, -0.1) is 0 Å². The molecule has 0 aliphatic rings. The number of aromatic nitrogens is 2. The maximum atomic E-state index is 12.4. The lowest BCUT2D eigenvalue weighted by Gasteiger charge is -2.08. The van der Waals surface area contributed by atoms with Gasteiger partial charge in [-0.1, -0.05) is 31.2 Å². The third-order valence-electron chi connectivity index (χ3n) is 3.27. The SMILES string of the molecule is CCc1ccc(C(=O)C(C)n2cc(Br)c([N+](=O)[O-])n2)cc1. The van der Waals surface area contributed by atoms with E-state index in [9.17, 15) is 14.9 Å². The molecule has 0 spiro atoms. The van der Waals surface area contributed by atoms with Crippen molar-refractivity contribution in [3.8, 4) is 0 Å². The lowest BCUT2D eigenvalue weighted by Crippen LogP contribution is -2.17. The monoisotopic (exact) mass is 351 g/mol. The summed E-state index contributed by atoms with van der Waals surface area (Å²) in [5.41, 5.74) is 1.71. The van der Waals surface area contributed by atoms with Gasteiger partial charge < -0.3 is 10.1 Å². The summed E-state index contributed by atoms with van der Waals surface area (Å²) < 4.78 is 1.56. The van der Waals surface area contributed by atoms with Crippen molar-refractivity contribution in [2.24, 2.45) is 0 Å². The second-order valence-corrected chi connectivity index (χ2v) is 5.48. The molecule has 0 aliphatic carbocycles. The molecular formula is C14H14BrN3O3. The number of benzene rings is 1. The zero-order valence-corrected chi connectivity index (χ0v) is 13.2. The second kappa shape index (κ2) is 6.17. The lowest BCUT2D eigenvalue weighted by atomic mass is 10.0. The Hall–Kier alpha value is -2.02. The molecule has 0 amide bonds. The van der Waals surface area contributed by atoms with Gasteiger partial charge in [-0.2, -0.15) is 4.68 Å². The first kappa shape index (κ1) is 15.4. The number of carbonyl (C=O) groups excluding carboxylic acids is 1. The molecule has 1 unspecified atom stereocenters. The molecule has 110 valence electrons. The normalized spacial score (nSPS) is 12.1. The summed E-state index contributed by atoms with van der Waals surface area (Å²) >= 11 is 3.07. The predicted octanol–water partition coefficient (Wildman–Crippen LogP) is 3.56. The fraction of sp³-hybridized carbons (Fsp3) is 0.286. The highest BCUT2D eigenvalue weighted by molar-refractivity contribution is 9.10. The van der Waals surface area contributed by atoms with E-state index in [-0.39, 0.29) is 16.1 Å². The van der Waals surface area contributed by atoms with Crippen LogP contribution in [0.4, 0.5) is 5.82 Å². The van der Waals surface area contributed by atoms with Crippen LogP contribution in [-0.4, -0.2) is 20.5 Å². The van der Waals surface area contributed by atoms with Crippen molar-refractivity contribution in [3.63, 3.8) is 0 Å². The number of rotatable bonds is 5. The van der Waals surface area contributed by atoms with Crippen molar-refractivity contribution >= 4 is 27.5 Å². The molecule has 0 N–H and O–H groups in total. The van der Waals surface area contributed by atoms with Crippen LogP contribution >= 0.6 is 15.9 Å². The maximum Gasteiger partial charge on any atom is 0.404 e. The number of hydrogen-bond donors (Lipinski definition) is 0. The number of nitrogens with zero attached hydrogens (tertiary/aromatic N) is 3. The average Bonchev–Trinajstić information content (AvgIpc) is 2.88. The van der Waals surface area contributed by atoms with Gasteiger partial charge in [-0.25, -0.2) is 0 Å². The minimum atomic E-state index is -0.609. The molecule has 7 heteroatoms. The summed E-state index contributed by atoms with van der Waals surface area (Å²) in [6.45, 7) is 3.71. The average molecular weight is 352 g/mol. The molecule has 0 fully saturated rings. The van der Waals surface area contributed by atoms with E-state index in [1.54, 1.807) is 19.1 Å². The van der Waals surface area contributed by atoms with Crippen molar-refractivity contribution in [1.82, 2.24) is 9.78 Å². The van der Waals surface area contributed by atoms with Crippen LogP contribution in [0.3, 0.4) is 0 Å². The first-order valence-corrected chi connectivity index (χ1v) is 7.25. The fourth-order valence-corrected chi connectivity index (χ4v) is 2.38. The number of aryl methyl sites for hydroxylation is 1. The Labute approximate surface area is 130 Å². The first-order valence-electron chi connectivity index (χ1n) is 6.46. The van der Waals surface area contributed by atoms with Crippen molar-refractivity contribution in [3.05, 3.63) is 56.2 Å². The highest BCUT2D eigenvalue weighted by Crippen LogP contribution is 2.25. The molecule has 2 aromatic rings. The van der Waals surface area contributed by atoms with E-state index >= 15 is 0 Å². The molecule has 0 radical (unpaired) electrons. The molecule has 21 heavy (non-hydrogen) atoms. The molecule has 0 bridgehead atoms. The predicted molar refractivity (Wildman–Crippen MR) is 81.4 cm³/mol. The van der Waals surface area contributed by atoms with Crippen LogP contribution in [0.15, 0.2) is 34.9 Å². The fourth-order valence-electron chi connectivity index (χ4n) is 1.95. The molecule has 0 saturated carbocycles. The second-order valence-electron chi connectivity index (χ2n) is 4.63. The Morgan fingerprint density at radius 2 is 2.05 bits per heavy atom. The highest BCUT2D eigenvalue weighted by atomic mass is 79.9. The molecule has 0 saturated heterocycles. The molecule has 1 atom stereocenters.